The molecule has 6 heteroatoms. The Hall–Kier alpha value is -2.47. The maximum absolute atomic E-state index is 12.7. The van der Waals surface area contributed by atoms with E-state index in [0.717, 1.165) is 17.1 Å². The number of methoxy groups -OCH3 is 1. The lowest BCUT2D eigenvalue weighted by atomic mass is 10.0. The van der Waals surface area contributed by atoms with Gasteiger partial charge in [0.15, 0.2) is 11.5 Å². The van der Waals surface area contributed by atoms with E-state index in [0.29, 0.717) is 38.2 Å². The number of piperidine rings is 1. The Morgan fingerprint density at radius 1 is 1.20 bits per heavy atom. The summed E-state index contributed by atoms with van der Waals surface area (Å²) in [7, 11) is 3.53. The molecule has 6 nitrogen and oxygen atoms in total. The van der Waals surface area contributed by atoms with Crippen LogP contribution in [0.15, 0.2) is 36.5 Å². The topological polar surface area (TPSA) is 52.9 Å². The second-order valence-electron chi connectivity index (χ2n) is 6.55. The molecule has 1 saturated heterocycles. The molecule has 3 heterocycles. The molecule has 0 radical (unpaired) electrons. The fourth-order valence-electron chi connectivity index (χ4n) is 3.52. The molecule has 1 fully saturated rings. The van der Waals surface area contributed by atoms with E-state index in [1.165, 1.54) is 0 Å². The van der Waals surface area contributed by atoms with Gasteiger partial charge in [-0.25, -0.2) is 0 Å². The van der Waals surface area contributed by atoms with Crippen molar-refractivity contribution >= 4 is 5.91 Å². The van der Waals surface area contributed by atoms with Crippen molar-refractivity contribution in [3.63, 3.8) is 0 Å². The van der Waals surface area contributed by atoms with Gasteiger partial charge in [0, 0.05) is 44.7 Å². The minimum atomic E-state index is -0.674. The first-order valence-corrected chi connectivity index (χ1v) is 8.51. The summed E-state index contributed by atoms with van der Waals surface area (Å²) in [5.41, 5.74) is 1.70. The molecule has 1 spiro atoms. The van der Waals surface area contributed by atoms with Gasteiger partial charge in [-0.1, -0.05) is 12.1 Å². The zero-order valence-electron chi connectivity index (χ0n) is 14.5. The van der Waals surface area contributed by atoms with Crippen LogP contribution in [0, 0.1) is 0 Å². The second-order valence-corrected chi connectivity index (χ2v) is 6.55. The first-order chi connectivity index (χ1) is 12.1. The minimum absolute atomic E-state index is 0.0520. The zero-order chi connectivity index (χ0) is 17.4. The number of ether oxygens (including phenoxy) is 3. The van der Waals surface area contributed by atoms with Crippen molar-refractivity contribution in [1.82, 2.24) is 9.47 Å². The van der Waals surface area contributed by atoms with Crippen molar-refractivity contribution in [2.45, 2.75) is 25.2 Å². The van der Waals surface area contributed by atoms with Gasteiger partial charge in [-0.3, -0.25) is 4.79 Å². The Bertz CT molecular complexity index is 776. The smallest absolute Gasteiger partial charge is 0.270 e. The van der Waals surface area contributed by atoms with Crippen LogP contribution in [0.1, 0.15) is 28.9 Å². The number of carbonyl (C=O) groups is 1. The SMILES string of the molecule is COc1cccc2c1OC1(CCN(C(=O)c3cccn3C)CC1)OC2. The fraction of sp³-hybridized carbons (Fsp3) is 0.421. The van der Waals surface area contributed by atoms with Crippen molar-refractivity contribution in [3.05, 3.63) is 47.8 Å². The summed E-state index contributed by atoms with van der Waals surface area (Å²) >= 11 is 0. The molecule has 1 aromatic heterocycles. The molecular weight excluding hydrogens is 320 g/mol. The number of aromatic nitrogens is 1. The van der Waals surface area contributed by atoms with Crippen LogP contribution < -0.4 is 9.47 Å². The second kappa shape index (κ2) is 6.11. The number of rotatable bonds is 2. The number of nitrogens with zero attached hydrogens (tertiary/aromatic N) is 2. The van der Waals surface area contributed by atoms with Gasteiger partial charge < -0.3 is 23.7 Å². The van der Waals surface area contributed by atoms with E-state index in [-0.39, 0.29) is 5.91 Å². The third-order valence-electron chi connectivity index (χ3n) is 5.03. The maximum Gasteiger partial charge on any atom is 0.270 e. The van der Waals surface area contributed by atoms with Crippen LogP contribution >= 0.6 is 0 Å². The van der Waals surface area contributed by atoms with Gasteiger partial charge in [0.25, 0.3) is 5.91 Å². The molecule has 0 atom stereocenters. The number of hydrogen-bond acceptors (Lipinski definition) is 4. The quantitative estimate of drug-likeness (QED) is 0.842. The largest absolute Gasteiger partial charge is 0.493 e. The van der Waals surface area contributed by atoms with Crippen molar-refractivity contribution in [2.24, 2.45) is 7.05 Å². The lowest BCUT2D eigenvalue weighted by Crippen LogP contribution is -2.52. The summed E-state index contributed by atoms with van der Waals surface area (Å²) in [5, 5.41) is 0. The monoisotopic (exact) mass is 342 g/mol. The molecule has 1 aromatic carbocycles. The molecule has 2 aliphatic heterocycles. The first kappa shape index (κ1) is 16.0. The highest BCUT2D eigenvalue weighted by Gasteiger charge is 2.43. The van der Waals surface area contributed by atoms with E-state index >= 15 is 0 Å². The average Bonchev–Trinajstić information content (AvgIpc) is 3.07. The molecule has 0 unspecified atom stereocenters. The van der Waals surface area contributed by atoms with Crippen molar-refractivity contribution in [1.29, 1.82) is 0 Å². The minimum Gasteiger partial charge on any atom is -0.493 e. The molecule has 132 valence electrons. The van der Waals surface area contributed by atoms with Gasteiger partial charge in [-0.05, 0) is 18.2 Å². The van der Waals surface area contributed by atoms with Crippen molar-refractivity contribution in [3.8, 4) is 11.5 Å². The Morgan fingerprint density at radius 3 is 2.68 bits per heavy atom. The summed E-state index contributed by atoms with van der Waals surface area (Å²) in [4.78, 5) is 14.5. The van der Waals surface area contributed by atoms with Gasteiger partial charge in [0.05, 0.1) is 13.7 Å². The molecule has 0 N–H and O–H groups in total. The molecule has 0 bridgehead atoms. The Labute approximate surface area is 146 Å². The third-order valence-corrected chi connectivity index (χ3v) is 5.03. The summed E-state index contributed by atoms with van der Waals surface area (Å²) in [6.45, 7) is 1.71. The van der Waals surface area contributed by atoms with Crippen LogP contribution in [-0.2, 0) is 18.4 Å². The van der Waals surface area contributed by atoms with Crippen LogP contribution in [0.25, 0.3) is 0 Å². The van der Waals surface area contributed by atoms with E-state index in [1.54, 1.807) is 7.11 Å². The van der Waals surface area contributed by atoms with Gasteiger partial charge in [0.1, 0.15) is 5.69 Å². The van der Waals surface area contributed by atoms with Crippen LogP contribution in [0.5, 0.6) is 11.5 Å². The number of aryl methyl sites for hydroxylation is 1. The van der Waals surface area contributed by atoms with Gasteiger partial charge in [-0.15, -0.1) is 0 Å². The molecule has 2 aromatic rings. The maximum atomic E-state index is 12.7. The third kappa shape index (κ3) is 2.76. The van der Waals surface area contributed by atoms with E-state index < -0.39 is 5.79 Å². The standard InChI is InChI=1S/C19H22N2O4/c1-20-10-4-6-15(20)18(22)21-11-8-19(9-12-21)24-13-14-5-3-7-16(23-2)17(14)25-19/h3-7,10H,8-9,11-13H2,1-2H3. The zero-order valence-corrected chi connectivity index (χ0v) is 14.5. The summed E-state index contributed by atoms with van der Waals surface area (Å²) < 4.78 is 19.6. The highest BCUT2D eigenvalue weighted by atomic mass is 16.7. The lowest BCUT2D eigenvalue weighted by Gasteiger charge is -2.44. The molecule has 25 heavy (non-hydrogen) atoms. The van der Waals surface area contributed by atoms with Crippen LogP contribution in [-0.4, -0.2) is 41.4 Å². The van der Waals surface area contributed by atoms with Crippen LogP contribution in [0.3, 0.4) is 0 Å². The van der Waals surface area contributed by atoms with Crippen molar-refractivity contribution in [2.75, 3.05) is 20.2 Å². The van der Waals surface area contributed by atoms with E-state index in [4.69, 9.17) is 14.2 Å². The van der Waals surface area contributed by atoms with E-state index in [2.05, 4.69) is 0 Å². The fourth-order valence-corrected chi connectivity index (χ4v) is 3.52. The molecule has 0 aliphatic carbocycles. The highest BCUT2D eigenvalue weighted by molar-refractivity contribution is 5.92. The molecule has 4 rings (SSSR count). The molecule has 2 aliphatic rings. The predicted octanol–water partition coefficient (Wildman–Crippen LogP) is 2.58. The predicted molar refractivity (Wildman–Crippen MR) is 91.7 cm³/mol. The number of para-hydroxylation sites is 1. The number of likely N-dealkylation sites (tertiary alicyclic amines) is 1. The van der Waals surface area contributed by atoms with E-state index in [9.17, 15) is 4.79 Å². The number of hydrogen-bond donors (Lipinski definition) is 0. The number of fused-ring (bicyclic) bond motifs is 1. The number of benzene rings is 1. The van der Waals surface area contributed by atoms with Crippen LogP contribution in [0.4, 0.5) is 0 Å². The Kier molecular flexibility index (Phi) is 3.92. The number of amides is 1. The first-order valence-electron chi connectivity index (χ1n) is 8.51. The normalized spacial score (nSPS) is 18.6. The molecule has 0 saturated carbocycles. The highest BCUT2D eigenvalue weighted by Crippen LogP contribution is 2.42. The summed E-state index contributed by atoms with van der Waals surface area (Å²) in [6, 6.07) is 9.55. The molecule has 1 amide bonds. The summed E-state index contributed by atoms with van der Waals surface area (Å²) in [6.07, 6.45) is 3.16. The lowest BCUT2D eigenvalue weighted by molar-refractivity contribution is -0.226. The summed E-state index contributed by atoms with van der Waals surface area (Å²) in [5.74, 6) is 0.865. The van der Waals surface area contributed by atoms with Crippen LogP contribution in [0.2, 0.25) is 0 Å². The Balaban J connectivity index is 1.48. The van der Waals surface area contributed by atoms with Crippen molar-refractivity contribution < 1.29 is 19.0 Å². The molecular formula is C19H22N2O4. The number of carbonyl (C=O) groups excluding carboxylic acids is 1. The average molecular weight is 342 g/mol. The van der Waals surface area contributed by atoms with Gasteiger partial charge in [-0.2, -0.15) is 0 Å². The van der Waals surface area contributed by atoms with E-state index in [1.807, 2.05) is 53.0 Å². The van der Waals surface area contributed by atoms with Gasteiger partial charge >= 0.3 is 0 Å². The van der Waals surface area contributed by atoms with Gasteiger partial charge in [0.2, 0.25) is 5.79 Å². The Morgan fingerprint density at radius 2 is 2.00 bits per heavy atom.